The van der Waals surface area contributed by atoms with Gasteiger partial charge in [0.1, 0.15) is 18.2 Å². The molecule has 1 fully saturated rings. The Hall–Kier alpha value is -2.16. The molecule has 140 valence electrons. The third kappa shape index (κ3) is 5.69. The maximum absolute atomic E-state index is 5.86. The molecule has 0 radical (unpaired) electrons. The number of nitrogens with zero attached hydrogens (tertiary/aromatic N) is 4. The third-order valence-electron chi connectivity index (χ3n) is 4.36. The summed E-state index contributed by atoms with van der Waals surface area (Å²) in [6.07, 6.45) is 1.74. The van der Waals surface area contributed by atoms with Crippen LogP contribution in [0.15, 0.2) is 34.7 Å². The minimum Gasteiger partial charge on any atom is -0.492 e. The van der Waals surface area contributed by atoms with Crippen LogP contribution in [-0.2, 0) is 0 Å². The van der Waals surface area contributed by atoms with Crippen LogP contribution in [-0.4, -0.2) is 66.9 Å². The SMILES string of the molecule is CCN1CCN(CCOc2ccc(C=NNc3nc(N)cs3)cc2)CC1. The fourth-order valence-corrected chi connectivity index (χ4v) is 3.32. The highest BCUT2D eigenvalue weighted by atomic mass is 32.1. The van der Waals surface area contributed by atoms with Crippen molar-refractivity contribution in [1.82, 2.24) is 14.8 Å². The number of hydrazone groups is 1. The van der Waals surface area contributed by atoms with Crippen LogP contribution in [0.4, 0.5) is 10.9 Å². The summed E-state index contributed by atoms with van der Waals surface area (Å²) in [4.78, 5) is 9.03. The molecule has 0 atom stereocenters. The van der Waals surface area contributed by atoms with Gasteiger partial charge in [0.2, 0.25) is 5.13 Å². The second-order valence-corrected chi connectivity index (χ2v) is 7.00. The standard InChI is InChI=1S/C18H26N6OS/c1-2-23-7-9-24(10-8-23)11-12-25-16-5-3-15(4-6-16)13-20-22-18-21-17(19)14-26-18/h3-6,13-14H,2,7-12,19H2,1H3,(H,21,22). The van der Waals surface area contributed by atoms with Crippen LogP contribution in [0, 0.1) is 0 Å². The van der Waals surface area contributed by atoms with Crippen molar-refractivity contribution >= 4 is 28.5 Å². The number of anilines is 2. The van der Waals surface area contributed by atoms with E-state index in [9.17, 15) is 0 Å². The van der Waals surface area contributed by atoms with E-state index in [2.05, 4.69) is 32.2 Å². The van der Waals surface area contributed by atoms with Crippen molar-refractivity contribution in [3.05, 3.63) is 35.2 Å². The molecule has 0 amide bonds. The number of rotatable bonds is 8. The number of piperazine rings is 1. The Bertz CT molecular complexity index is 694. The summed E-state index contributed by atoms with van der Waals surface area (Å²) in [6, 6.07) is 7.91. The van der Waals surface area contributed by atoms with Crippen molar-refractivity contribution in [2.75, 3.05) is 57.0 Å². The summed E-state index contributed by atoms with van der Waals surface area (Å²) in [7, 11) is 0. The topological polar surface area (TPSA) is 79.0 Å². The number of likely N-dealkylation sites (N-methyl/N-ethyl adjacent to an activating group) is 1. The number of nitrogen functional groups attached to an aromatic ring is 1. The van der Waals surface area contributed by atoms with E-state index in [1.165, 1.54) is 11.3 Å². The first-order valence-corrected chi connectivity index (χ1v) is 9.78. The first kappa shape index (κ1) is 18.6. The number of hydrogen-bond acceptors (Lipinski definition) is 8. The van der Waals surface area contributed by atoms with Gasteiger partial charge in [-0.25, -0.2) is 4.98 Å². The Balaban J connectivity index is 1.37. The van der Waals surface area contributed by atoms with Gasteiger partial charge in [0, 0.05) is 38.1 Å². The van der Waals surface area contributed by atoms with E-state index in [4.69, 9.17) is 10.5 Å². The van der Waals surface area contributed by atoms with Gasteiger partial charge in [-0.15, -0.1) is 11.3 Å². The maximum Gasteiger partial charge on any atom is 0.205 e. The largest absolute Gasteiger partial charge is 0.492 e. The minimum absolute atomic E-state index is 0.501. The third-order valence-corrected chi connectivity index (χ3v) is 5.13. The molecule has 1 saturated heterocycles. The van der Waals surface area contributed by atoms with Gasteiger partial charge in [-0.3, -0.25) is 10.3 Å². The van der Waals surface area contributed by atoms with Gasteiger partial charge in [0.15, 0.2) is 0 Å². The van der Waals surface area contributed by atoms with Crippen molar-refractivity contribution in [2.45, 2.75) is 6.92 Å². The lowest BCUT2D eigenvalue weighted by molar-refractivity contribution is 0.121. The van der Waals surface area contributed by atoms with Gasteiger partial charge < -0.3 is 15.4 Å². The molecule has 7 nitrogen and oxygen atoms in total. The fourth-order valence-electron chi connectivity index (χ4n) is 2.77. The van der Waals surface area contributed by atoms with Crippen molar-refractivity contribution in [3.8, 4) is 5.75 Å². The molecule has 1 aromatic heterocycles. The molecule has 1 aliphatic heterocycles. The normalized spacial score (nSPS) is 16.2. The summed E-state index contributed by atoms with van der Waals surface area (Å²) in [6.45, 7) is 9.63. The van der Waals surface area contributed by atoms with Gasteiger partial charge in [0.25, 0.3) is 0 Å². The fraction of sp³-hybridized carbons (Fsp3) is 0.444. The van der Waals surface area contributed by atoms with E-state index in [1.54, 1.807) is 11.6 Å². The zero-order chi connectivity index (χ0) is 18.2. The molecule has 0 saturated carbocycles. The van der Waals surface area contributed by atoms with Gasteiger partial charge in [-0.2, -0.15) is 5.10 Å². The number of ether oxygens (including phenoxy) is 1. The molecule has 0 bridgehead atoms. The molecule has 1 aliphatic rings. The van der Waals surface area contributed by atoms with E-state index < -0.39 is 0 Å². The number of aromatic nitrogens is 1. The second kappa shape index (κ2) is 9.51. The number of thiazole rings is 1. The molecule has 2 heterocycles. The second-order valence-electron chi connectivity index (χ2n) is 6.14. The van der Waals surface area contributed by atoms with Gasteiger partial charge in [-0.05, 0) is 36.4 Å². The summed E-state index contributed by atoms with van der Waals surface area (Å²) in [5.41, 5.74) is 9.42. The van der Waals surface area contributed by atoms with Crippen LogP contribution in [0.3, 0.4) is 0 Å². The van der Waals surface area contributed by atoms with Crippen LogP contribution in [0.2, 0.25) is 0 Å². The van der Waals surface area contributed by atoms with E-state index in [0.717, 1.165) is 50.6 Å². The monoisotopic (exact) mass is 374 g/mol. The Morgan fingerprint density at radius 2 is 1.96 bits per heavy atom. The molecule has 26 heavy (non-hydrogen) atoms. The molecular formula is C18H26N6OS. The number of hydrogen-bond donors (Lipinski definition) is 2. The molecular weight excluding hydrogens is 348 g/mol. The molecule has 3 rings (SSSR count). The first-order chi connectivity index (χ1) is 12.7. The Morgan fingerprint density at radius 3 is 2.62 bits per heavy atom. The van der Waals surface area contributed by atoms with E-state index in [1.807, 2.05) is 24.3 Å². The van der Waals surface area contributed by atoms with E-state index in [0.29, 0.717) is 17.6 Å². The highest BCUT2D eigenvalue weighted by Crippen LogP contribution is 2.16. The van der Waals surface area contributed by atoms with Gasteiger partial charge in [-0.1, -0.05) is 6.92 Å². The molecule has 0 spiro atoms. The van der Waals surface area contributed by atoms with Crippen LogP contribution >= 0.6 is 11.3 Å². The first-order valence-electron chi connectivity index (χ1n) is 8.90. The van der Waals surface area contributed by atoms with Crippen molar-refractivity contribution < 1.29 is 4.74 Å². The summed E-state index contributed by atoms with van der Waals surface area (Å²) >= 11 is 1.42. The lowest BCUT2D eigenvalue weighted by atomic mass is 10.2. The molecule has 3 N–H and O–H groups in total. The smallest absolute Gasteiger partial charge is 0.205 e. The predicted molar refractivity (Wildman–Crippen MR) is 108 cm³/mol. The maximum atomic E-state index is 5.86. The molecule has 2 aromatic rings. The van der Waals surface area contributed by atoms with E-state index >= 15 is 0 Å². The molecule has 1 aromatic carbocycles. The van der Waals surface area contributed by atoms with Crippen molar-refractivity contribution in [3.63, 3.8) is 0 Å². The molecule has 8 heteroatoms. The quantitative estimate of drug-likeness (QED) is 0.545. The van der Waals surface area contributed by atoms with Gasteiger partial charge in [0.05, 0.1) is 6.21 Å². The summed E-state index contributed by atoms with van der Waals surface area (Å²) in [5, 5.41) is 6.61. The molecule has 0 aliphatic carbocycles. The molecule has 0 unspecified atom stereocenters. The minimum atomic E-state index is 0.501. The van der Waals surface area contributed by atoms with Crippen molar-refractivity contribution in [1.29, 1.82) is 0 Å². The summed E-state index contributed by atoms with van der Waals surface area (Å²) < 4.78 is 5.86. The van der Waals surface area contributed by atoms with Crippen LogP contribution < -0.4 is 15.9 Å². The van der Waals surface area contributed by atoms with Crippen molar-refractivity contribution in [2.24, 2.45) is 5.10 Å². The lowest BCUT2D eigenvalue weighted by Gasteiger charge is -2.33. The Kier molecular flexibility index (Phi) is 6.82. The van der Waals surface area contributed by atoms with Gasteiger partial charge >= 0.3 is 0 Å². The van der Waals surface area contributed by atoms with Crippen LogP contribution in [0.5, 0.6) is 5.75 Å². The highest BCUT2D eigenvalue weighted by molar-refractivity contribution is 7.14. The van der Waals surface area contributed by atoms with Crippen LogP contribution in [0.1, 0.15) is 12.5 Å². The Morgan fingerprint density at radius 1 is 1.23 bits per heavy atom. The number of benzene rings is 1. The Labute approximate surface area is 158 Å². The predicted octanol–water partition coefficient (Wildman–Crippen LogP) is 2.19. The average Bonchev–Trinajstić information content (AvgIpc) is 3.09. The number of nitrogens with two attached hydrogens (primary N) is 1. The zero-order valence-electron chi connectivity index (χ0n) is 15.1. The number of nitrogens with one attached hydrogen (secondary N) is 1. The van der Waals surface area contributed by atoms with Crippen LogP contribution in [0.25, 0.3) is 0 Å². The zero-order valence-corrected chi connectivity index (χ0v) is 15.9. The lowest BCUT2D eigenvalue weighted by Crippen LogP contribution is -2.47. The highest BCUT2D eigenvalue weighted by Gasteiger charge is 2.14. The average molecular weight is 375 g/mol. The summed E-state index contributed by atoms with van der Waals surface area (Å²) in [5.74, 6) is 1.39. The van der Waals surface area contributed by atoms with E-state index in [-0.39, 0.29) is 0 Å².